The van der Waals surface area contributed by atoms with Gasteiger partial charge in [0.2, 0.25) is 15.9 Å². The molecule has 0 aliphatic rings. The van der Waals surface area contributed by atoms with Crippen LogP contribution in [0.25, 0.3) is 0 Å². The fraction of sp³-hybridized carbons (Fsp3) is 0.435. The molecule has 0 spiro atoms. The van der Waals surface area contributed by atoms with Crippen molar-refractivity contribution in [2.24, 2.45) is 0 Å². The fourth-order valence-electron chi connectivity index (χ4n) is 3.28. The SMILES string of the molecule is CCN(CC)S(=O)(=O)c1cc(NC(=O)CN(Cc2ccccc2)C(C)C)ccc1C. The average Bonchev–Trinajstić information content (AvgIpc) is 2.70. The highest BCUT2D eigenvalue weighted by molar-refractivity contribution is 7.89. The molecule has 7 heteroatoms. The van der Waals surface area contributed by atoms with Crippen molar-refractivity contribution < 1.29 is 13.2 Å². The van der Waals surface area contributed by atoms with Crippen LogP contribution < -0.4 is 5.32 Å². The van der Waals surface area contributed by atoms with Crippen molar-refractivity contribution in [3.63, 3.8) is 0 Å². The number of carbonyl (C=O) groups is 1. The van der Waals surface area contributed by atoms with Crippen LogP contribution in [0.4, 0.5) is 5.69 Å². The normalized spacial score (nSPS) is 12.0. The number of nitrogens with one attached hydrogen (secondary N) is 1. The fourth-order valence-corrected chi connectivity index (χ4v) is 4.99. The van der Waals surface area contributed by atoms with E-state index in [-0.39, 0.29) is 23.4 Å². The third-order valence-electron chi connectivity index (χ3n) is 5.10. The molecule has 0 unspecified atom stereocenters. The Bertz CT molecular complexity index is 939. The topological polar surface area (TPSA) is 69.7 Å². The van der Waals surface area contributed by atoms with Crippen LogP contribution in [0.5, 0.6) is 0 Å². The first-order valence-electron chi connectivity index (χ1n) is 10.4. The summed E-state index contributed by atoms with van der Waals surface area (Å²) in [5.74, 6) is -0.172. The number of amides is 1. The van der Waals surface area contributed by atoms with E-state index in [9.17, 15) is 13.2 Å². The van der Waals surface area contributed by atoms with Crippen LogP contribution in [0.2, 0.25) is 0 Å². The van der Waals surface area contributed by atoms with Crippen LogP contribution in [-0.2, 0) is 21.4 Å². The summed E-state index contributed by atoms with van der Waals surface area (Å²) < 4.78 is 27.3. The summed E-state index contributed by atoms with van der Waals surface area (Å²) in [6, 6.07) is 15.2. The first-order chi connectivity index (χ1) is 14.2. The summed E-state index contributed by atoms with van der Waals surface area (Å²) in [6.45, 7) is 11.2. The first-order valence-corrected chi connectivity index (χ1v) is 11.8. The molecule has 30 heavy (non-hydrogen) atoms. The highest BCUT2D eigenvalue weighted by atomic mass is 32.2. The molecule has 0 heterocycles. The smallest absolute Gasteiger partial charge is 0.243 e. The van der Waals surface area contributed by atoms with Crippen LogP contribution in [0.3, 0.4) is 0 Å². The maximum atomic E-state index is 12.9. The summed E-state index contributed by atoms with van der Waals surface area (Å²) >= 11 is 0. The molecule has 0 bridgehead atoms. The van der Waals surface area contributed by atoms with E-state index in [1.165, 1.54) is 4.31 Å². The Kier molecular flexibility index (Phi) is 8.58. The minimum atomic E-state index is -3.60. The minimum absolute atomic E-state index is 0.172. The summed E-state index contributed by atoms with van der Waals surface area (Å²) in [4.78, 5) is 15.0. The van der Waals surface area contributed by atoms with Gasteiger partial charge in [-0.2, -0.15) is 4.31 Å². The van der Waals surface area contributed by atoms with E-state index in [4.69, 9.17) is 0 Å². The van der Waals surface area contributed by atoms with E-state index < -0.39 is 10.0 Å². The van der Waals surface area contributed by atoms with Crippen molar-refractivity contribution in [3.8, 4) is 0 Å². The number of anilines is 1. The molecule has 0 aliphatic heterocycles. The standard InChI is InChI=1S/C23H33N3O3S/c1-6-26(7-2)30(28,29)22-15-21(14-13-19(22)5)24-23(27)17-25(18(3)4)16-20-11-9-8-10-12-20/h8-15,18H,6-7,16-17H2,1-5H3,(H,24,27). The van der Waals surface area contributed by atoms with Gasteiger partial charge in [0.15, 0.2) is 0 Å². The quantitative estimate of drug-likeness (QED) is 0.620. The molecule has 6 nitrogen and oxygen atoms in total. The Morgan fingerprint density at radius 1 is 1.03 bits per heavy atom. The van der Waals surface area contributed by atoms with Crippen molar-refractivity contribution in [3.05, 3.63) is 59.7 Å². The lowest BCUT2D eigenvalue weighted by atomic mass is 10.2. The van der Waals surface area contributed by atoms with Gasteiger partial charge in [-0.1, -0.05) is 50.2 Å². The van der Waals surface area contributed by atoms with Crippen LogP contribution in [-0.4, -0.2) is 49.2 Å². The van der Waals surface area contributed by atoms with Crippen LogP contribution >= 0.6 is 0 Å². The van der Waals surface area contributed by atoms with Crippen molar-refractivity contribution >= 4 is 21.6 Å². The molecule has 0 radical (unpaired) electrons. The number of benzene rings is 2. The Morgan fingerprint density at radius 2 is 1.67 bits per heavy atom. The van der Waals surface area contributed by atoms with E-state index in [0.717, 1.165) is 5.56 Å². The van der Waals surface area contributed by atoms with Crippen LogP contribution in [0, 0.1) is 6.92 Å². The zero-order valence-corrected chi connectivity index (χ0v) is 19.4. The van der Waals surface area contributed by atoms with E-state index >= 15 is 0 Å². The van der Waals surface area contributed by atoms with E-state index in [2.05, 4.69) is 24.1 Å². The van der Waals surface area contributed by atoms with Crippen molar-refractivity contribution in [2.75, 3.05) is 25.0 Å². The van der Waals surface area contributed by atoms with Gasteiger partial charge in [-0.15, -0.1) is 0 Å². The monoisotopic (exact) mass is 431 g/mol. The molecule has 0 atom stereocenters. The molecule has 2 aromatic carbocycles. The maximum absolute atomic E-state index is 12.9. The Hall–Kier alpha value is -2.22. The Balaban J connectivity index is 2.16. The molecule has 2 rings (SSSR count). The second-order valence-electron chi connectivity index (χ2n) is 7.60. The van der Waals surface area contributed by atoms with Crippen molar-refractivity contribution in [2.45, 2.75) is 52.1 Å². The lowest BCUT2D eigenvalue weighted by molar-refractivity contribution is -0.117. The summed E-state index contributed by atoms with van der Waals surface area (Å²) in [5, 5.41) is 2.86. The molecule has 0 fully saturated rings. The lowest BCUT2D eigenvalue weighted by Gasteiger charge is -2.26. The molecule has 0 aliphatic carbocycles. The summed E-state index contributed by atoms with van der Waals surface area (Å²) in [6.07, 6.45) is 0. The zero-order valence-electron chi connectivity index (χ0n) is 18.6. The number of rotatable bonds is 10. The minimum Gasteiger partial charge on any atom is -0.325 e. The predicted octanol–water partition coefficient (Wildman–Crippen LogP) is 3.87. The highest BCUT2D eigenvalue weighted by Crippen LogP contribution is 2.23. The van der Waals surface area contributed by atoms with E-state index in [0.29, 0.717) is 30.9 Å². The van der Waals surface area contributed by atoms with E-state index in [1.54, 1.807) is 25.1 Å². The number of aryl methyl sites for hydroxylation is 1. The van der Waals surface area contributed by atoms with Gasteiger partial charge in [0.1, 0.15) is 0 Å². The summed E-state index contributed by atoms with van der Waals surface area (Å²) in [5.41, 5.74) is 2.29. The third-order valence-corrected chi connectivity index (χ3v) is 7.29. The van der Waals surface area contributed by atoms with Gasteiger partial charge in [-0.3, -0.25) is 9.69 Å². The molecular weight excluding hydrogens is 398 g/mol. The molecule has 1 amide bonds. The maximum Gasteiger partial charge on any atom is 0.243 e. The number of hydrogen-bond donors (Lipinski definition) is 1. The lowest BCUT2D eigenvalue weighted by Crippen LogP contribution is -2.37. The highest BCUT2D eigenvalue weighted by Gasteiger charge is 2.24. The molecule has 164 valence electrons. The molecule has 0 aromatic heterocycles. The number of carbonyl (C=O) groups excluding carboxylic acids is 1. The van der Waals surface area contributed by atoms with Gasteiger partial charge in [0.25, 0.3) is 0 Å². The van der Waals surface area contributed by atoms with Crippen LogP contribution in [0.15, 0.2) is 53.4 Å². The van der Waals surface area contributed by atoms with Gasteiger partial charge in [-0.25, -0.2) is 8.42 Å². The molecular formula is C23H33N3O3S. The Morgan fingerprint density at radius 3 is 2.23 bits per heavy atom. The summed E-state index contributed by atoms with van der Waals surface area (Å²) in [7, 11) is -3.60. The van der Waals surface area contributed by atoms with Gasteiger partial charge in [-0.05, 0) is 44.0 Å². The second kappa shape index (κ2) is 10.7. The van der Waals surface area contributed by atoms with Gasteiger partial charge in [0, 0.05) is 31.4 Å². The van der Waals surface area contributed by atoms with Crippen LogP contribution in [0.1, 0.15) is 38.8 Å². The first kappa shape index (κ1) is 24.1. The number of hydrogen-bond acceptors (Lipinski definition) is 4. The zero-order chi connectivity index (χ0) is 22.3. The van der Waals surface area contributed by atoms with Gasteiger partial charge >= 0.3 is 0 Å². The Labute approximate surface area is 180 Å². The molecule has 0 saturated heterocycles. The van der Waals surface area contributed by atoms with Gasteiger partial charge in [0.05, 0.1) is 11.4 Å². The van der Waals surface area contributed by atoms with E-state index in [1.807, 2.05) is 44.2 Å². The van der Waals surface area contributed by atoms with Gasteiger partial charge < -0.3 is 5.32 Å². The molecule has 1 N–H and O–H groups in total. The number of sulfonamides is 1. The second-order valence-corrected chi connectivity index (χ2v) is 9.51. The third kappa shape index (κ3) is 6.14. The molecule has 2 aromatic rings. The van der Waals surface area contributed by atoms with Crippen molar-refractivity contribution in [1.82, 2.24) is 9.21 Å². The number of nitrogens with zero attached hydrogens (tertiary/aromatic N) is 2. The molecule has 0 saturated carbocycles. The largest absolute Gasteiger partial charge is 0.325 e. The average molecular weight is 432 g/mol. The van der Waals surface area contributed by atoms with Crippen molar-refractivity contribution in [1.29, 1.82) is 0 Å². The predicted molar refractivity (Wildman–Crippen MR) is 122 cm³/mol.